The van der Waals surface area contributed by atoms with Crippen LogP contribution in [0.5, 0.6) is 0 Å². The van der Waals surface area contributed by atoms with Gasteiger partial charge in [-0.05, 0) is 36.8 Å². The SMILES string of the molecule is COC(=O)c1ccccc1C1NC(=S)NC(C)=C1C(=O)Nc1cccc([N+](=O)[O-])c1. The van der Waals surface area contributed by atoms with Crippen LogP contribution in [0, 0.1) is 10.1 Å². The Labute approximate surface area is 177 Å². The number of methoxy groups -OCH3 is 1. The predicted octanol–water partition coefficient (Wildman–Crippen LogP) is 2.81. The molecule has 2 aromatic carbocycles. The summed E-state index contributed by atoms with van der Waals surface area (Å²) in [5.74, 6) is -1.05. The smallest absolute Gasteiger partial charge is 0.338 e. The van der Waals surface area contributed by atoms with Gasteiger partial charge in [0.05, 0.1) is 29.2 Å². The third-order valence-electron chi connectivity index (χ3n) is 4.51. The van der Waals surface area contributed by atoms with Gasteiger partial charge in [-0.1, -0.05) is 24.3 Å². The maximum absolute atomic E-state index is 13.1. The van der Waals surface area contributed by atoms with Gasteiger partial charge in [-0.3, -0.25) is 14.9 Å². The number of anilines is 1. The van der Waals surface area contributed by atoms with Crippen LogP contribution < -0.4 is 16.0 Å². The molecule has 0 fully saturated rings. The van der Waals surface area contributed by atoms with Gasteiger partial charge in [-0.15, -0.1) is 0 Å². The van der Waals surface area contributed by atoms with Crippen molar-refractivity contribution in [3.63, 3.8) is 0 Å². The van der Waals surface area contributed by atoms with E-state index in [4.69, 9.17) is 17.0 Å². The number of esters is 1. The maximum atomic E-state index is 13.1. The van der Waals surface area contributed by atoms with Gasteiger partial charge < -0.3 is 20.7 Å². The molecule has 1 aliphatic heterocycles. The zero-order valence-electron chi connectivity index (χ0n) is 16.1. The molecule has 0 saturated carbocycles. The lowest BCUT2D eigenvalue weighted by atomic mass is 9.91. The summed E-state index contributed by atoms with van der Waals surface area (Å²) in [4.78, 5) is 35.8. The van der Waals surface area contributed by atoms with Crippen molar-refractivity contribution in [3.05, 3.63) is 81.0 Å². The minimum Gasteiger partial charge on any atom is -0.465 e. The Morgan fingerprint density at radius 1 is 1.20 bits per heavy atom. The van der Waals surface area contributed by atoms with Crippen LogP contribution in [-0.4, -0.2) is 29.0 Å². The zero-order valence-corrected chi connectivity index (χ0v) is 16.9. The number of carbonyl (C=O) groups excluding carboxylic acids is 2. The largest absolute Gasteiger partial charge is 0.465 e. The van der Waals surface area contributed by atoms with Crippen molar-refractivity contribution in [2.24, 2.45) is 0 Å². The highest BCUT2D eigenvalue weighted by Gasteiger charge is 2.32. The second-order valence-electron chi connectivity index (χ2n) is 6.41. The number of ether oxygens (including phenoxy) is 1. The molecule has 0 spiro atoms. The lowest BCUT2D eigenvalue weighted by Gasteiger charge is -2.31. The molecule has 9 nitrogen and oxygen atoms in total. The summed E-state index contributed by atoms with van der Waals surface area (Å²) in [6.45, 7) is 1.68. The number of amides is 1. The normalized spacial score (nSPS) is 15.7. The van der Waals surface area contributed by atoms with E-state index in [9.17, 15) is 19.7 Å². The molecular formula is C20H18N4O5S. The number of carbonyl (C=O) groups is 2. The van der Waals surface area contributed by atoms with Crippen LogP contribution in [0.2, 0.25) is 0 Å². The van der Waals surface area contributed by atoms with Crippen molar-refractivity contribution in [2.45, 2.75) is 13.0 Å². The van der Waals surface area contributed by atoms with Gasteiger partial charge in [0.25, 0.3) is 11.6 Å². The second-order valence-corrected chi connectivity index (χ2v) is 6.82. The summed E-state index contributed by atoms with van der Waals surface area (Å²) in [7, 11) is 1.27. The van der Waals surface area contributed by atoms with Gasteiger partial charge in [-0.2, -0.15) is 0 Å². The number of nitrogens with zero attached hydrogens (tertiary/aromatic N) is 1. The van der Waals surface area contributed by atoms with Gasteiger partial charge in [0.2, 0.25) is 0 Å². The van der Waals surface area contributed by atoms with E-state index >= 15 is 0 Å². The molecule has 3 rings (SSSR count). The van der Waals surface area contributed by atoms with Crippen molar-refractivity contribution in [1.29, 1.82) is 0 Å². The van der Waals surface area contributed by atoms with Crippen LogP contribution in [0.1, 0.15) is 28.9 Å². The Morgan fingerprint density at radius 2 is 1.93 bits per heavy atom. The molecule has 1 heterocycles. The Kier molecular flexibility index (Phi) is 6.07. The van der Waals surface area contributed by atoms with Crippen LogP contribution >= 0.6 is 12.2 Å². The third-order valence-corrected chi connectivity index (χ3v) is 4.73. The number of nitro groups is 1. The summed E-state index contributed by atoms with van der Waals surface area (Å²) in [6.07, 6.45) is 0. The van der Waals surface area contributed by atoms with E-state index in [2.05, 4.69) is 16.0 Å². The standard InChI is InChI=1S/C20H18N4O5S/c1-11-16(18(25)22-12-6-5-7-13(10-12)24(27)28)17(23-20(30)21-11)14-8-3-4-9-15(14)19(26)29-2/h3-10,17H,1-2H3,(H,22,25)(H2,21,23,30). The number of thiocarbonyl (C=S) groups is 1. The zero-order chi connectivity index (χ0) is 21.8. The van der Waals surface area contributed by atoms with Gasteiger partial charge in [-0.25, -0.2) is 4.79 Å². The molecule has 1 atom stereocenters. The quantitative estimate of drug-likeness (QED) is 0.289. The van der Waals surface area contributed by atoms with E-state index in [0.29, 0.717) is 16.4 Å². The highest BCUT2D eigenvalue weighted by molar-refractivity contribution is 7.80. The number of non-ortho nitro benzene ring substituents is 1. The van der Waals surface area contributed by atoms with Crippen LogP contribution in [0.15, 0.2) is 59.8 Å². The Hall–Kier alpha value is -3.79. The molecule has 0 aliphatic carbocycles. The highest BCUT2D eigenvalue weighted by Crippen LogP contribution is 2.30. The molecule has 10 heteroatoms. The van der Waals surface area contributed by atoms with Crippen LogP contribution in [0.4, 0.5) is 11.4 Å². The fourth-order valence-electron chi connectivity index (χ4n) is 3.17. The molecule has 1 unspecified atom stereocenters. The fraction of sp³-hybridized carbons (Fsp3) is 0.150. The van der Waals surface area contributed by atoms with Crippen molar-refractivity contribution < 1.29 is 19.2 Å². The number of nitrogens with one attached hydrogen (secondary N) is 3. The van der Waals surface area contributed by atoms with Crippen molar-refractivity contribution in [1.82, 2.24) is 10.6 Å². The molecule has 30 heavy (non-hydrogen) atoms. The van der Waals surface area contributed by atoms with Crippen LogP contribution in [-0.2, 0) is 9.53 Å². The topological polar surface area (TPSA) is 123 Å². The predicted molar refractivity (Wildman–Crippen MR) is 114 cm³/mol. The molecule has 2 aromatic rings. The average molecular weight is 426 g/mol. The first-order chi connectivity index (χ1) is 14.3. The number of allylic oxidation sites excluding steroid dienone is 1. The molecule has 3 N–H and O–H groups in total. The first-order valence-electron chi connectivity index (χ1n) is 8.83. The summed E-state index contributed by atoms with van der Waals surface area (Å²) in [5.41, 5.74) is 1.69. The van der Waals surface area contributed by atoms with Gasteiger partial charge in [0.15, 0.2) is 5.11 Å². The minimum absolute atomic E-state index is 0.146. The minimum atomic E-state index is -0.729. The van der Waals surface area contributed by atoms with Gasteiger partial charge in [0.1, 0.15) is 0 Å². The number of rotatable bonds is 5. The lowest BCUT2D eigenvalue weighted by molar-refractivity contribution is -0.384. The van der Waals surface area contributed by atoms with E-state index in [-0.39, 0.29) is 22.5 Å². The van der Waals surface area contributed by atoms with E-state index in [1.807, 2.05) is 0 Å². The summed E-state index contributed by atoms with van der Waals surface area (Å²) in [5, 5.41) is 19.9. The molecule has 154 valence electrons. The second kappa shape index (κ2) is 8.70. The van der Waals surface area contributed by atoms with Crippen molar-refractivity contribution in [2.75, 3.05) is 12.4 Å². The number of nitro benzene ring substituents is 1. The summed E-state index contributed by atoms with van der Waals surface area (Å²) in [6, 6.07) is 11.6. The van der Waals surface area contributed by atoms with Gasteiger partial charge in [0, 0.05) is 23.5 Å². The average Bonchev–Trinajstić information content (AvgIpc) is 2.72. The fourth-order valence-corrected chi connectivity index (χ4v) is 3.44. The van der Waals surface area contributed by atoms with Crippen molar-refractivity contribution >= 4 is 40.6 Å². The molecule has 0 saturated heterocycles. The first-order valence-corrected chi connectivity index (χ1v) is 9.24. The molecule has 0 aromatic heterocycles. The van der Waals surface area contributed by atoms with E-state index in [1.165, 1.54) is 25.3 Å². The van der Waals surface area contributed by atoms with Crippen LogP contribution in [0.3, 0.4) is 0 Å². The number of hydrogen-bond donors (Lipinski definition) is 3. The lowest BCUT2D eigenvalue weighted by Crippen LogP contribution is -2.46. The molecule has 0 radical (unpaired) electrons. The van der Waals surface area contributed by atoms with Crippen LogP contribution in [0.25, 0.3) is 0 Å². The maximum Gasteiger partial charge on any atom is 0.338 e. The number of hydrogen-bond acceptors (Lipinski definition) is 6. The van der Waals surface area contributed by atoms with E-state index in [0.717, 1.165) is 0 Å². The molecule has 0 bridgehead atoms. The summed E-state index contributed by atoms with van der Waals surface area (Å²) >= 11 is 5.23. The van der Waals surface area contributed by atoms with E-state index < -0.39 is 22.8 Å². The Balaban J connectivity index is 2.01. The van der Waals surface area contributed by atoms with Gasteiger partial charge >= 0.3 is 5.97 Å². The van der Waals surface area contributed by atoms with E-state index in [1.54, 1.807) is 37.3 Å². The first kappa shape index (κ1) is 20.9. The molecule has 1 amide bonds. The highest BCUT2D eigenvalue weighted by atomic mass is 32.1. The Bertz CT molecular complexity index is 1080. The Morgan fingerprint density at radius 3 is 2.63 bits per heavy atom. The van der Waals surface area contributed by atoms with Crippen molar-refractivity contribution in [3.8, 4) is 0 Å². The number of benzene rings is 2. The third kappa shape index (κ3) is 4.28. The monoisotopic (exact) mass is 426 g/mol. The summed E-state index contributed by atoms with van der Waals surface area (Å²) < 4.78 is 4.85. The molecular weight excluding hydrogens is 408 g/mol. The molecule has 1 aliphatic rings.